The number of hydrogen-bond acceptors (Lipinski definition) is 1. The third-order valence-corrected chi connectivity index (χ3v) is 2.57. The Morgan fingerprint density at radius 1 is 1.21 bits per heavy atom. The molecule has 0 aliphatic heterocycles. The molecule has 76 valence electrons. The van der Waals surface area contributed by atoms with Crippen LogP contribution in [0.1, 0.15) is 18.4 Å². The lowest BCUT2D eigenvalue weighted by molar-refractivity contribution is 0.857. The van der Waals surface area contributed by atoms with E-state index < -0.39 is 0 Å². The second-order valence-electron chi connectivity index (χ2n) is 3.01. The Bertz CT molecular complexity index is 321. The lowest BCUT2D eigenvalue weighted by atomic mass is 10.2. The van der Waals surface area contributed by atoms with Crippen molar-refractivity contribution >= 4 is 29.3 Å². The average Bonchev–Trinajstić information content (AvgIpc) is 2.18. The number of benzene rings is 1. The molecule has 0 spiro atoms. The molecule has 0 fully saturated rings. The molecular weight excluding hydrogens is 217 g/mol. The molecule has 1 rings (SSSR count). The summed E-state index contributed by atoms with van der Waals surface area (Å²) in [5.74, 6) is 0. The summed E-state index contributed by atoms with van der Waals surface area (Å²) >= 11 is 11.7. The van der Waals surface area contributed by atoms with E-state index in [0.29, 0.717) is 10.0 Å². The molecule has 0 atom stereocenters. The van der Waals surface area contributed by atoms with Crippen molar-refractivity contribution < 1.29 is 0 Å². The summed E-state index contributed by atoms with van der Waals surface area (Å²) in [5, 5.41) is 1.18. The minimum absolute atomic E-state index is 0.589. The van der Waals surface area contributed by atoms with Crippen LogP contribution in [-0.4, -0.2) is 6.54 Å². The van der Waals surface area contributed by atoms with Crippen LogP contribution < -0.4 is 5.73 Å². The van der Waals surface area contributed by atoms with Gasteiger partial charge >= 0.3 is 0 Å². The van der Waals surface area contributed by atoms with Gasteiger partial charge in [0, 0.05) is 0 Å². The fourth-order valence-corrected chi connectivity index (χ4v) is 1.38. The first kappa shape index (κ1) is 11.6. The van der Waals surface area contributed by atoms with Gasteiger partial charge in [-0.15, -0.1) is 0 Å². The van der Waals surface area contributed by atoms with Crippen LogP contribution in [0.4, 0.5) is 0 Å². The Balaban J connectivity index is 2.59. The summed E-state index contributed by atoms with van der Waals surface area (Å²) in [6, 6.07) is 5.59. The third-order valence-electron chi connectivity index (χ3n) is 1.83. The monoisotopic (exact) mass is 229 g/mol. The largest absolute Gasteiger partial charge is 0.330 e. The standard InChI is InChI=1S/C11H13Cl2N/c12-10-6-5-9(8-11(10)13)4-2-1-3-7-14/h2,4-6,8H,1,3,7,14H2. The van der Waals surface area contributed by atoms with Crippen LogP contribution in [0.25, 0.3) is 6.08 Å². The molecule has 0 bridgehead atoms. The summed E-state index contributed by atoms with van der Waals surface area (Å²) < 4.78 is 0. The predicted octanol–water partition coefficient (Wildman–Crippen LogP) is 3.75. The molecular formula is C11H13Cl2N. The second-order valence-corrected chi connectivity index (χ2v) is 3.82. The second kappa shape index (κ2) is 6.07. The smallest absolute Gasteiger partial charge is 0.0598 e. The van der Waals surface area contributed by atoms with Crippen molar-refractivity contribution in [2.24, 2.45) is 5.73 Å². The molecule has 0 aliphatic carbocycles. The SMILES string of the molecule is NCCCC=Cc1ccc(Cl)c(Cl)c1. The summed E-state index contributed by atoms with van der Waals surface area (Å²) in [5.41, 5.74) is 6.45. The Morgan fingerprint density at radius 2 is 2.00 bits per heavy atom. The first-order chi connectivity index (χ1) is 6.74. The van der Waals surface area contributed by atoms with Crippen LogP contribution in [0.3, 0.4) is 0 Å². The fraction of sp³-hybridized carbons (Fsp3) is 0.273. The summed E-state index contributed by atoms with van der Waals surface area (Å²) in [6.07, 6.45) is 6.12. The molecule has 1 nitrogen and oxygen atoms in total. The van der Waals surface area contributed by atoms with E-state index in [-0.39, 0.29) is 0 Å². The molecule has 14 heavy (non-hydrogen) atoms. The highest BCUT2D eigenvalue weighted by atomic mass is 35.5. The first-order valence-corrected chi connectivity index (χ1v) is 5.31. The molecule has 0 heterocycles. The number of nitrogens with two attached hydrogens (primary N) is 1. The van der Waals surface area contributed by atoms with E-state index >= 15 is 0 Å². The highest BCUT2D eigenvalue weighted by Crippen LogP contribution is 2.23. The number of hydrogen-bond donors (Lipinski definition) is 1. The average molecular weight is 230 g/mol. The Kier molecular flexibility index (Phi) is 5.02. The molecule has 0 aromatic heterocycles. The lowest BCUT2D eigenvalue weighted by Crippen LogP contribution is -1.96. The molecule has 0 saturated carbocycles. The Labute approximate surface area is 94.5 Å². The van der Waals surface area contributed by atoms with E-state index in [4.69, 9.17) is 28.9 Å². The number of unbranched alkanes of at least 4 members (excludes halogenated alkanes) is 1. The molecule has 0 unspecified atom stereocenters. The van der Waals surface area contributed by atoms with Gasteiger partial charge in [-0.25, -0.2) is 0 Å². The van der Waals surface area contributed by atoms with Gasteiger partial charge in [0.1, 0.15) is 0 Å². The van der Waals surface area contributed by atoms with E-state index in [0.717, 1.165) is 24.9 Å². The van der Waals surface area contributed by atoms with Crippen molar-refractivity contribution in [3.05, 3.63) is 39.9 Å². The highest BCUT2D eigenvalue weighted by Gasteiger charge is 1.95. The van der Waals surface area contributed by atoms with Crippen molar-refractivity contribution in [3.8, 4) is 0 Å². The van der Waals surface area contributed by atoms with E-state index in [1.54, 1.807) is 6.07 Å². The van der Waals surface area contributed by atoms with Crippen molar-refractivity contribution in [2.45, 2.75) is 12.8 Å². The molecule has 3 heteroatoms. The Morgan fingerprint density at radius 3 is 2.64 bits per heavy atom. The normalized spacial score (nSPS) is 11.1. The van der Waals surface area contributed by atoms with Crippen molar-refractivity contribution in [3.63, 3.8) is 0 Å². The van der Waals surface area contributed by atoms with Crippen LogP contribution in [0.2, 0.25) is 10.0 Å². The summed E-state index contributed by atoms with van der Waals surface area (Å²) in [6.45, 7) is 0.728. The van der Waals surface area contributed by atoms with Gasteiger partial charge in [0.15, 0.2) is 0 Å². The van der Waals surface area contributed by atoms with E-state index in [1.165, 1.54) is 0 Å². The molecule has 1 aromatic carbocycles. The summed E-state index contributed by atoms with van der Waals surface area (Å²) in [7, 11) is 0. The predicted molar refractivity (Wildman–Crippen MR) is 63.8 cm³/mol. The van der Waals surface area contributed by atoms with Crippen LogP contribution >= 0.6 is 23.2 Å². The van der Waals surface area contributed by atoms with Gasteiger partial charge < -0.3 is 5.73 Å². The zero-order chi connectivity index (χ0) is 10.4. The third kappa shape index (κ3) is 3.70. The maximum absolute atomic E-state index is 5.87. The number of halogens is 2. The van der Waals surface area contributed by atoms with Gasteiger partial charge in [-0.3, -0.25) is 0 Å². The maximum Gasteiger partial charge on any atom is 0.0598 e. The molecule has 0 radical (unpaired) electrons. The zero-order valence-corrected chi connectivity index (χ0v) is 9.35. The van der Waals surface area contributed by atoms with Crippen LogP contribution in [0.5, 0.6) is 0 Å². The van der Waals surface area contributed by atoms with Gasteiger partial charge in [-0.1, -0.05) is 41.4 Å². The van der Waals surface area contributed by atoms with Gasteiger partial charge in [-0.2, -0.15) is 0 Å². The van der Waals surface area contributed by atoms with Crippen LogP contribution in [0.15, 0.2) is 24.3 Å². The lowest BCUT2D eigenvalue weighted by Gasteiger charge is -1.97. The van der Waals surface area contributed by atoms with E-state index in [2.05, 4.69) is 6.08 Å². The van der Waals surface area contributed by atoms with Gasteiger partial charge in [0.2, 0.25) is 0 Å². The summed E-state index contributed by atoms with van der Waals surface area (Å²) in [4.78, 5) is 0. The number of rotatable bonds is 4. The van der Waals surface area contributed by atoms with Gasteiger partial charge in [-0.05, 0) is 37.1 Å². The van der Waals surface area contributed by atoms with E-state index in [9.17, 15) is 0 Å². The van der Waals surface area contributed by atoms with Crippen LogP contribution in [-0.2, 0) is 0 Å². The quantitative estimate of drug-likeness (QED) is 0.783. The zero-order valence-electron chi connectivity index (χ0n) is 7.84. The van der Waals surface area contributed by atoms with Crippen LogP contribution in [0, 0.1) is 0 Å². The topological polar surface area (TPSA) is 26.0 Å². The van der Waals surface area contributed by atoms with Gasteiger partial charge in [0.25, 0.3) is 0 Å². The molecule has 2 N–H and O–H groups in total. The molecule has 0 saturated heterocycles. The van der Waals surface area contributed by atoms with Crippen molar-refractivity contribution in [1.82, 2.24) is 0 Å². The minimum Gasteiger partial charge on any atom is -0.330 e. The van der Waals surface area contributed by atoms with Crippen molar-refractivity contribution in [2.75, 3.05) is 6.54 Å². The minimum atomic E-state index is 0.589. The first-order valence-electron chi connectivity index (χ1n) is 4.55. The molecule has 1 aromatic rings. The maximum atomic E-state index is 5.87. The Hall–Kier alpha value is -0.500. The number of allylic oxidation sites excluding steroid dienone is 1. The van der Waals surface area contributed by atoms with E-state index in [1.807, 2.05) is 18.2 Å². The van der Waals surface area contributed by atoms with Crippen molar-refractivity contribution in [1.29, 1.82) is 0 Å². The highest BCUT2D eigenvalue weighted by molar-refractivity contribution is 6.42. The molecule has 0 amide bonds. The molecule has 0 aliphatic rings. The fourth-order valence-electron chi connectivity index (χ4n) is 1.07. The van der Waals surface area contributed by atoms with Gasteiger partial charge in [0.05, 0.1) is 10.0 Å².